The molecule has 0 saturated heterocycles. The second-order valence-electron chi connectivity index (χ2n) is 13.0. The number of fused-ring (bicyclic) bond motifs is 7. The van der Waals surface area contributed by atoms with Crippen molar-refractivity contribution >= 4 is 28.0 Å². The summed E-state index contributed by atoms with van der Waals surface area (Å²) in [5, 5.41) is 1.09. The average Bonchev–Trinajstić information content (AvgIpc) is 3.55. The van der Waals surface area contributed by atoms with Gasteiger partial charge in [0.2, 0.25) is 0 Å². The van der Waals surface area contributed by atoms with E-state index < -0.39 is 0 Å². The first kappa shape index (κ1) is 29.8. The first-order valence-corrected chi connectivity index (χ1v) is 17.5. The van der Waals surface area contributed by atoms with E-state index in [9.17, 15) is 0 Å². The van der Waals surface area contributed by atoms with Crippen molar-refractivity contribution in [1.82, 2.24) is 9.97 Å². The third-order valence-electron chi connectivity index (χ3n) is 9.85. The number of para-hydroxylation sites is 3. The van der Waals surface area contributed by atoms with E-state index in [0.29, 0.717) is 5.82 Å². The maximum absolute atomic E-state index is 6.76. The van der Waals surface area contributed by atoms with Crippen LogP contribution in [-0.2, 0) is 0 Å². The molecule has 0 unspecified atom stereocenters. The van der Waals surface area contributed by atoms with E-state index in [-0.39, 0.29) is 0 Å². The van der Waals surface area contributed by atoms with E-state index in [1.165, 1.54) is 0 Å². The van der Waals surface area contributed by atoms with Gasteiger partial charge in [-0.1, -0.05) is 140 Å². The van der Waals surface area contributed by atoms with Crippen molar-refractivity contribution in [2.24, 2.45) is 0 Å². The molecule has 0 spiro atoms. The largest absolute Gasteiger partial charge is 0.455 e. The highest BCUT2D eigenvalue weighted by Crippen LogP contribution is 2.53. The summed E-state index contributed by atoms with van der Waals surface area (Å²) < 4.78 is 6.76. The summed E-state index contributed by atoms with van der Waals surface area (Å²) >= 11 is 0. The van der Waals surface area contributed by atoms with Gasteiger partial charge in [0.05, 0.1) is 22.8 Å². The van der Waals surface area contributed by atoms with Crippen molar-refractivity contribution < 1.29 is 4.42 Å². The fraction of sp³-hybridized carbons (Fsp3) is 0. The molecule has 0 fully saturated rings. The maximum Gasteiger partial charge on any atom is 0.160 e. The van der Waals surface area contributed by atoms with Crippen LogP contribution in [0.15, 0.2) is 192 Å². The van der Waals surface area contributed by atoms with Crippen LogP contribution in [0.1, 0.15) is 0 Å². The SMILES string of the molecule is c1ccc(-c2cc(-c3ccc(-c4ccc5oc6c(c5c4)-c4ccccc4N(c4ccccc4)c4ccccc4-6)cc3)nc(-c3ccccc3)n2)cc1. The highest BCUT2D eigenvalue weighted by Gasteiger charge is 2.30. The van der Waals surface area contributed by atoms with E-state index in [1.54, 1.807) is 0 Å². The Kier molecular flexibility index (Phi) is 7.10. The molecule has 1 aliphatic heterocycles. The average molecular weight is 666 g/mol. The van der Waals surface area contributed by atoms with Crippen LogP contribution >= 0.6 is 0 Å². The molecule has 9 aromatic rings. The monoisotopic (exact) mass is 665 g/mol. The van der Waals surface area contributed by atoms with Gasteiger partial charge in [0.1, 0.15) is 11.3 Å². The molecular weight excluding hydrogens is 635 g/mol. The maximum atomic E-state index is 6.76. The molecule has 52 heavy (non-hydrogen) atoms. The van der Waals surface area contributed by atoms with Crippen LogP contribution in [0.5, 0.6) is 0 Å². The molecule has 0 atom stereocenters. The number of benzene rings is 7. The molecule has 0 radical (unpaired) electrons. The molecule has 7 aromatic carbocycles. The molecule has 1 aliphatic rings. The third kappa shape index (κ3) is 5.09. The van der Waals surface area contributed by atoms with Crippen LogP contribution in [0.4, 0.5) is 17.1 Å². The summed E-state index contributed by atoms with van der Waals surface area (Å²) in [6, 6.07) is 65.5. The van der Waals surface area contributed by atoms with E-state index in [1.807, 2.05) is 36.4 Å². The second-order valence-corrected chi connectivity index (χ2v) is 13.0. The van der Waals surface area contributed by atoms with Gasteiger partial charge >= 0.3 is 0 Å². The molecule has 0 saturated carbocycles. The molecule has 4 nitrogen and oxygen atoms in total. The Morgan fingerprint density at radius 1 is 0.404 bits per heavy atom. The summed E-state index contributed by atoms with van der Waals surface area (Å²) in [6.45, 7) is 0. The van der Waals surface area contributed by atoms with Gasteiger partial charge in [0.15, 0.2) is 5.82 Å². The lowest BCUT2D eigenvalue weighted by atomic mass is 9.95. The zero-order valence-electron chi connectivity index (χ0n) is 28.1. The van der Waals surface area contributed by atoms with Crippen LogP contribution in [0.25, 0.3) is 78.4 Å². The summed E-state index contributed by atoms with van der Waals surface area (Å²) in [4.78, 5) is 12.3. The predicted octanol–water partition coefficient (Wildman–Crippen LogP) is 13.0. The predicted molar refractivity (Wildman–Crippen MR) is 213 cm³/mol. The summed E-state index contributed by atoms with van der Waals surface area (Å²) in [7, 11) is 0. The van der Waals surface area contributed by atoms with E-state index >= 15 is 0 Å². The highest BCUT2D eigenvalue weighted by atomic mass is 16.3. The number of furan rings is 1. The van der Waals surface area contributed by atoms with Gasteiger partial charge in [0, 0.05) is 44.5 Å². The summed E-state index contributed by atoms with van der Waals surface area (Å²) in [5.74, 6) is 1.59. The lowest BCUT2D eigenvalue weighted by Gasteiger charge is -2.27. The number of hydrogen-bond donors (Lipinski definition) is 0. The van der Waals surface area contributed by atoms with Gasteiger partial charge in [-0.15, -0.1) is 0 Å². The Hall–Kier alpha value is -7.04. The van der Waals surface area contributed by atoms with Gasteiger partial charge in [-0.25, -0.2) is 9.97 Å². The standard InChI is InChI=1S/C48H31N3O/c1-4-14-33(15-5-1)41-31-42(50-48(49-41)35-16-6-2-7-17-35)34-26-24-32(25-27-34)36-28-29-45-40(30-36)46-38-20-10-12-22-43(38)51(37-18-8-3-9-19-37)44-23-13-11-21-39(44)47(46)52-45/h1-31H. The van der Waals surface area contributed by atoms with E-state index in [2.05, 4.69) is 157 Å². The van der Waals surface area contributed by atoms with Crippen molar-refractivity contribution in [2.45, 2.75) is 0 Å². The van der Waals surface area contributed by atoms with Crippen LogP contribution in [0.2, 0.25) is 0 Å². The molecule has 0 N–H and O–H groups in total. The fourth-order valence-corrected chi connectivity index (χ4v) is 7.36. The Morgan fingerprint density at radius 2 is 0.923 bits per heavy atom. The number of nitrogens with zero attached hydrogens (tertiary/aromatic N) is 3. The molecule has 0 amide bonds. The topological polar surface area (TPSA) is 42.2 Å². The first-order valence-electron chi connectivity index (χ1n) is 17.5. The van der Waals surface area contributed by atoms with Gasteiger partial charge < -0.3 is 9.32 Å². The third-order valence-corrected chi connectivity index (χ3v) is 9.85. The van der Waals surface area contributed by atoms with Crippen molar-refractivity contribution in [3.63, 3.8) is 0 Å². The van der Waals surface area contributed by atoms with Gasteiger partial charge in [-0.3, -0.25) is 0 Å². The number of rotatable bonds is 5. The summed E-state index contributed by atoms with van der Waals surface area (Å²) in [5.41, 5.74) is 14.6. The molecule has 3 heterocycles. The Labute approximate surface area is 302 Å². The summed E-state index contributed by atoms with van der Waals surface area (Å²) in [6.07, 6.45) is 0. The van der Waals surface area contributed by atoms with Crippen LogP contribution in [0.3, 0.4) is 0 Å². The Morgan fingerprint density at radius 3 is 1.62 bits per heavy atom. The van der Waals surface area contributed by atoms with Crippen molar-refractivity contribution in [2.75, 3.05) is 4.90 Å². The van der Waals surface area contributed by atoms with E-state index in [4.69, 9.17) is 14.4 Å². The van der Waals surface area contributed by atoms with Crippen LogP contribution in [0, 0.1) is 0 Å². The van der Waals surface area contributed by atoms with Crippen LogP contribution in [-0.4, -0.2) is 9.97 Å². The van der Waals surface area contributed by atoms with Gasteiger partial charge in [-0.05, 0) is 59.7 Å². The zero-order valence-corrected chi connectivity index (χ0v) is 28.1. The lowest BCUT2D eigenvalue weighted by Crippen LogP contribution is -2.10. The normalized spacial score (nSPS) is 11.8. The van der Waals surface area contributed by atoms with Crippen LogP contribution < -0.4 is 4.90 Å². The molecule has 4 heteroatoms. The van der Waals surface area contributed by atoms with Crippen molar-refractivity contribution in [1.29, 1.82) is 0 Å². The zero-order chi connectivity index (χ0) is 34.4. The second kappa shape index (κ2) is 12.4. The molecule has 244 valence electrons. The van der Waals surface area contributed by atoms with Gasteiger partial charge in [-0.2, -0.15) is 0 Å². The Bertz CT molecular complexity index is 2660. The highest BCUT2D eigenvalue weighted by molar-refractivity contribution is 6.11. The molecule has 2 aromatic heterocycles. The number of aromatic nitrogens is 2. The number of anilines is 3. The fourth-order valence-electron chi connectivity index (χ4n) is 7.36. The molecular formula is C48H31N3O. The minimum atomic E-state index is 0.708. The molecule has 0 bridgehead atoms. The lowest BCUT2D eigenvalue weighted by molar-refractivity contribution is 0.633. The Balaban J connectivity index is 1.08. The molecule has 0 aliphatic carbocycles. The number of hydrogen-bond acceptors (Lipinski definition) is 4. The smallest absolute Gasteiger partial charge is 0.160 e. The first-order chi connectivity index (χ1) is 25.8. The molecule has 10 rings (SSSR count). The van der Waals surface area contributed by atoms with Crippen molar-refractivity contribution in [3.8, 4) is 67.5 Å². The minimum Gasteiger partial charge on any atom is -0.455 e. The van der Waals surface area contributed by atoms with E-state index in [0.717, 1.165) is 89.7 Å². The quantitative estimate of drug-likeness (QED) is 0.183. The van der Waals surface area contributed by atoms with Crippen molar-refractivity contribution in [3.05, 3.63) is 188 Å². The van der Waals surface area contributed by atoms with Gasteiger partial charge in [0.25, 0.3) is 0 Å². The minimum absolute atomic E-state index is 0.708.